The Morgan fingerprint density at radius 1 is 1.06 bits per heavy atom. The first-order valence-corrected chi connectivity index (χ1v) is 5.45. The molecule has 0 bridgehead atoms. The molecule has 0 amide bonds. The summed E-state index contributed by atoms with van der Waals surface area (Å²) in [7, 11) is 0. The predicted molar refractivity (Wildman–Crippen MR) is 63.2 cm³/mol. The van der Waals surface area contributed by atoms with E-state index in [-0.39, 0.29) is 12.8 Å². The van der Waals surface area contributed by atoms with E-state index >= 15 is 0 Å². The molecule has 0 atom stereocenters. The van der Waals surface area contributed by atoms with Crippen molar-refractivity contribution in [2.24, 2.45) is 0 Å². The maximum atomic E-state index is 10.7. The van der Waals surface area contributed by atoms with E-state index in [0.29, 0.717) is 17.0 Å². The van der Waals surface area contributed by atoms with Crippen LogP contribution < -0.4 is 0 Å². The highest BCUT2D eigenvalue weighted by Crippen LogP contribution is 2.20. The average molecular weight is 236 g/mol. The van der Waals surface area contributed by atoms with E-state index in [4.69, 9.17) is 10.2 Å². The van der Waals surface area contributed by atoms with Gasteiger partial charge in [-0.05, 0) is 22.6 Å². The van der Waals surface area contributed by atoms with Crippen LogP contribution >= 0.6 is 0 Å². The molecule has 0 aliphatic heterocycles. The number of aliphatic carboxylic acids is 2. The van der Waals surface area contributed by atoms with Crippen LogP contribution in [-0.2, 0) is 22.4 Å². The van der Waals surface area contributed by atoms with Crippen LogP contribution in [0, 0.1) is 0 Å². The van der Waals surface area contributed by atoms with Crippen molar-refractivity contribution in [3.8, 4) is 0 Å². The first-order valence-electron chi connectivity index (χ1n) is 5.45. The van der Waals surface area contributed by atoms with Gasteiger partial charge < -0.3 is 10.2 Å². The van der Waals surface area contributed by atoms with Crippen LogP contribution in [0.3, 0.4) is 0 Å². The van der Waals surface area contributed by atoms with Gasteiger partial charge in [0.25, 0.3) is 0 Å². The zero-order chi connectivity index (χ0) is 13.0. The summed E-state index contributed by atoms with van der Waals surface area (Å²) in [6.45, 7) is 4.02. The van der Waals surface area contributed by atoms with E-state index in [0.717, 1.165) is 5.56 Å². The molecule has 0 spiro atoms. The summed E-state index contributed by atoms with van der Waals surface area (Å²) in [5, 5.41) is 17.6. The fourth-order valence-corrected chi connectivity index (χ4v) is 1.67. The zero-order valence-electron chi connectivity index (χ0n) is 9.93. The van der Waals surface area contributed by atoms with Crippen LogP contribution in [0.5, 0.6) is 0 Å². The van der Waals surface area contributed by atoms with Gasteiger partial charge in [-0.3, -0.25) is 9.59 Å². The van der Waals surface area contributed by atoms with Crippen molar-refractivity contribution in [3.05, 3.63) is 34.9 Å². The Bertz CT molecular complexity index is 435. The Morgan fingerprint density at radius 2 is 1.59 bits per heavy atom. The summed E-state index contributed by atoms with van der Waals surface area (Å²) < 4.78 is 0. The van der Waals surface area contributed by atoms with Crippen molar-refractivity contribution in [3.63, 3.8) is 0 Å². The Balaban J connectivity index is 3.11. The molecule has 4 heteroatoms. The normalized spacial score (nSPS) is 10.5. The maximum absolute atomic E-state index is 10.7. The first-order chi connectivity index (χ1) is 7.90. The summed E-state index contributed by atoms with van der Waals surface area (Å²) in [6, 6.07) is 5.35. The standard InChI is InChI=1S/C13H16O4/c1-8(2)9-3-4-10(6-12(14)15)11(5-9)7-13(16)17/h3-5,8H,6-7H2,1-2H3,(H,14,15)(H,16,17). The molecule has 92 valence electrons. The molecule has 17 heavy (non-hydrogen) atoms. The molecule has 0 heterocycles. The molecule has 0 fully saturated rings. The van der Waals surface area contributed by atoms with E-state index in [9.17, 15) is 9.59 Å². The number of carboxylic acids is 2. The number of hydrogen-bond donors (Lipinski definition) is 2. The molecule has 0 unspecified atom stereocenters. The van der Waals surface area contributed by atoms with Crippen LogP contribution in [0.15, 0.2) is 18.2 Å². The fourth-order valence-electron chi connectivity index (χ4n) is 1.67. The molecule has 4 nitrogen and oxygen atoms in total. The third-order valence-corrected chi connectivity index (χ3v) is 2.58. The van der Waals surface area contributed by atoms with Gasteiger partial charge >= 0.3 is 11.9 Å². The SMILES string of the molecule is CC(C)c1ccc(CC(=O)O)c(CC(=O)O)c1. The minimum Gasteiger partial charge on any atom is -0.481 e. The predicted octanol–water partition coefficient (Wildman–Crippen LogP) is 2.06. The van der Waals surface area contributed by atoms with Crippen molar-refractivity contribution >= 4 is 11.9 Å². The maximum Gasteiger partial charge on any atom is 0.307 e. The molecule has 2 N–H and O–H groups in total. The van der Waals surface area contributed by atoms with Gasteiger partial charge in [0, 0.05) is 0 Å². The Hall–Kier alpha value is -1.84. The number of carboxylic acid groups (broad SMARTS) is 2. The lowest BCUT2D eigenvalue weighted by Crippen LogP contribution is -2.08. The molecular formula is C13H16O4. The molecule has 1 aromatic rings. The van der Waals surface area contributed by atoms with Gasteiger partial charge in [0.2, 0.25) is 0 Å². The second kappa shape index (κ2) is 5.48. The first kappa shape index (κ1) is 13.2. The average Bonchev–Trinajstić information content (AvgIpc) is 2.18. The smallest absolute Gasteiger partial charge is 0.307 e. The fraction of sp³-hybridized carbons (Fsp3) is 0.385. The van der Waals surface area contributed by atoms with Crippen LogP contribution in [0.25, 0.3) is 0 Å². The molecule has 0 aromatic heterocycles. The van der Waals surface area contributed by atoms with Crippen LogP contribution in [0.1, 0.15) is 36.5 Å². The molecule has 1 aromatic carbocycles. The lowest BCUT2D eigenvalue weighted by atomic mass is 9.94. The second-order valence-electron chi connectivity index (χ2n) is 4.32. The molecule has 1 rings (SSSR count). The monoisotopic (exact) mass is 236 g/mol. The third-order valence-electron chi connectivity index (χ3n) is 2.58. The van der Waals surface area contributed by atoms with Gasteiger partial charge in [0.05, 0.1) is 12.8 Å². The molecule has 0 radical (unpaired) electrons. The largest absolute Gasteiger partial charge is 0.481 e. The third kappa shape index (κ3) is 3.90. The van der Waals surface area contributed by atoms with Gasteiger partial charge in [0.15, 0.2) is 0 Å². The summed E-state index contributed by atoms with van der Waals surface area (Å²) in [6.07, 6.45) is -0.274. The minimum atomic E-state index is -0.950. The summed E-state index contributed by atoms with van der Waals surface area (Å²) in [5.41, 5.74) is 2.19. The van der Waals surface area contributed by atoms with Crippen molar-refractivity contribution in [1.29, 1.82) is 0 Å². The Morgan fingerprint density at radius 3 is 2.06 bits per heavy atom. The molecule has 0 aliphatic rings. The molecule has 0 aliphatic carbocycles. The van der Waals surface area contributed by atoms with Crippen LogP contribution in [-0.4, -0.2) is 22.2 Å². The summed E-state index contributed by atoms with van der Waals surface area (Å²) in [4.78, 5) is 21.4. The number of carbonyl (C=O) groups is 2. The summed E-state index contributed by atoms with van der Waals surface area (Å²) in [5.74, 6) is -1.60. The summed E-state index contributed by atoms with van der Waals surface area (Å²) >= 11 is 0. The van der Waals surface area contributed by atoms with Crippen molar-refractivity contribution < 1.29 is 19.8 Å². The van der Waals surface area contributed by atoms with Crippen molar-refractivity contribution in [2.75, 3.05) is 0 Å². The number of benzene rings is 1. The highest BCUT2D eigenvalue weighted by molar-refractivity contribution is 5.74. The van der Waals surface area contributed by atoms with Crippen LogP contribution in [0.2, 0.25) is 0 Å². The van der Waals surface area contributed by atoms with Crippen LogP contribution in [0.4, 0.5) is 0 Å². The van der Waals surface area contributed by atoms with E-state index in [1.807, 2.05) is 19.9 Å². The van der Waals surface area contributed by atoms with Gasteiger partial charge in [0.1, 0.15) is 0 Å². The van der Waals surface area contributed by atoms with E-state index in [1.165, 1.54) is 0 Å². The highest BCUT2D eigenvalue weighted by atomic mass is 16.4. The van der Waals surface area contributed by atoms with Gasteiger partial charge in [-0.25, -0.2) is 0 Å². The molecule has 0 saturated heterocycles. The van der Waals surface area contributed by atoms with Crippen molar-refractivity contribution in [1.82, 2.24) is 0 Å². The number of rotatable bonds is 5. The second-order valence-corrected chi connectivity index (χ2v) is 4.32. The Labute approximate surface area is 99.9 Å². The van der Waals surface area contributed by atoms with E-state index in [2.05, 4.69) is 0 Å². The van der Waals surface area contributed by atoms with Gasteiger partial charge in [-0.2, -0.15) is 0 Å². The van der Waals surface area contributed by atoms with Crippen molar-refractivity contribution in [2.45, 2.75) is 32.6 Å². The quantitative estimate of drug-likeness (QED) is 0.820. The Kier molecular flexibility index (Phi) is 4.26. The number of hydrogen-bond acceptors (Lipinski definition) is 2. The highest BCUT2D eigenvalue weighted by Gasteiger charge is 2.12. The zero-order valence-corrected chi connectivity index (χ0v) is 9.93. The molecule has 0 saturated carbocycles. The minimum absolute atomic E-state index is 0.136. The van der Waals surface area contributed by atoms with Gasteiger partial charge in [-0.15, -0.1) is 0 Å². The lowest BCUT2D eigenvalue weighted by Gasteiger charge is -2.11. The lowest BCUT2D eigenvalue weighted by molar-refractivity contribution is -0.137. The molecular weight excluding hydrogens is 220 g/mol. The van der Waals surface area contributed by atoms with E-state index in [1.54, 1.807) is 12.1 Å². The van der Waals surface area contributed by atoms with Gasteiger partial charge in [-0.1, -0.05) is 32.0 Å². The topological polar surface area (TPSA) is 74.6 Å². The van der Waals surface area contributed by atoms with E-state index < -0.39 is 11.9 Å².